The average Bonchev–Trinajstić information content (AvgIpc) is 2.62. The Morgan fingerprint density at radius 1 is 1.11 bits per heavy atom. The molecule has 1 N–H and O–H groups in total. The van der Waals surface area contributed by atoms with Crippen LogP contribution in [0.4, 0.5) is 11.4 Å². The lowest BCUT2D eigenvalue weighted by atomic mass is 10.1. The van der Waals surface area contributed by atoms with Crippen molar-refractivity contribution >= 4 is 33.3 Å². The molecule has 7 nitrogen and oxygen atoms in total. The molecule has 2 aromatic carbocycles. The second-order valence-electron chi connectivity index (χ2n) is 6.58. The third kappa shape index (κ3) is 4.89. The number of amides is 1. The number of methoxy groups -OCH3 is 1. The summed E-state index contributed by atoms with van der Waals surface area (Å²) in [4.78, 5) is 24.4. The predicted octanol–water partition coefficient (Wildman–Crippen LogP) is 2.80. The van der Waals surface area contributed by atoms with Crippen molar-refractivity contribution in [3.05, 3.63) is 58.7 Å². The van der Waals surface area contributed by atoms with Gasteiger partial charge in [-0.15, -0.1) is 0 Å². The van der Waals surface area contributed by atoms with E-state index in [0.29, 0.717) is 22.5 Å². The zero-order valence-electron chi connectivity index (χ0n) is 16.6. The van der Waals surface area contributed by atoms with E-state index < -0.39 is 21.9 Å². The molecule has 0 bridgehead atoms. The summed E-state index contributed by atoms with van der Waals surface area (Å²) in [6, 6.07) is 10.3. The van der Waals surface area contributed by atoms with Crippen molar-refractivity contribution in [1.82, 2.24) is 0 Å². The van der Waals surface area contributed by atoms with Gasteiger partial charge in [-0.05, 0) is 55.7 Å². The molecule has 150 valence electrons. The van der Waals surface area contributed by atoms with Gasteiger partial charge in [0.05, 0.1) is 24.6 Å². The van der Waals surface area contributed by atoms with Crippen LogP contribution in [0.3, 0.4) is 0 Å². The topological polar surface area (TPSA) is 92.8 Å². The van der Waals surface area contributed by atoms with Crippen LogP contribution in [0, 0.1) is 20.8 Å². The van der Waals surface area contributed by atoms with Crippen LogP contribution in [-0.4, -0.2) is 40.2 Å². The highest BCUT2D eigenvalue weighted by atomic mass is 32.2. The second kappa shape index (κ2) is 8.43. The average molecular weight is 404 g/mol. The number of sulfonamides is 1. The number of esters is 1. The number of benzene rings is 2. The fourth-order valence-electron chi connectivity index (χ4n) is 2.79. The van der Waals surface area contributed by atoms with Gasteiger partial charge in [0.15, 0.2) is 0 Å². The van der Waals surface area contributed by atoms with E-state index >= 15 is 0 Å². The Balaban J connectivity index is 2.31. The molecule has 28 heavy (non-hydrogen) atoms. The van der Waals surface area contributed by atoms with Gasteiger partial charge in [-0.2, -0.15) is 0 Å². The third-order valence-corrected chi connectivity index (χ3v) is 5.46. The molecule has 0 saturated carbocycles. The number of hydrogen-bond donors (Lipinski definition) is 1. The number of nitrogens with one attached hydrogen (secondary N) is 1. The number of ether oxygens (including phenoxy) is 1. The molecular weight excluding hydrogens is 380 g/mol. The first-order chi connectivity index (χ1) is 13.0. The highest BCUT2D eigenvalue weighted by molar-refractivity contribution is 7.92. The summed E-state index contributed by atoms with van der Waals surface area (Å²) >= 11 is 0. The largest absolute Gasteiger partial charge is 0.465 e. The van der Waals surface area contributed by atoms with Crippen LogP contribution >= 0.6 is 0 Å². The molecule has 0 aliphatic heterocycles. The second-order valence-corrected chi connectivity index (χ2v) is 8.48. The van der Waals surface area contributed by atoms with Crippen LogP contribution in [0.15, 0.2) is 36.4 Å². The molecule has 0 heterocycles. The number of carbonyl (C=O) groups excluding carboxylic acids is 2. The summed E-state index contributed by atoms with van der Waals surface area (Å²) in [5.41, 5.74) is 3.37. The van der Waals surface area contributed by atoms with E-state index in [0.717, 1.165) is 21.7 Å². The number of rotatable bonds is 6. The summed E-state index contributed by atoms with van der Waals surface area (Å²) < 4.78 is 30.4. The van der Waals surface area contributed by atoms with Crippen LogP contribution < -0.4 is 9.62 Å². The Labute approximate surface area is 165 Å². The van der Waals surface area contributed by atoms with E-state index in [9.17, 15) is 18.0 Å². The Morgan fingerprint density at radius 2 is 1.79 bits per heavy atom. The van der Waals surface area contributed by atoms with Gasteiger partial charge < -0.3 is 10.1 Å². The molecule has 2 rings (SSSR count). The highest BCUT2D eigenvalue weighted by Gasteiger charge is 2.23. The lowest BCUT2D eigenvalue weighted by Crippen LogP contribution is -2.38. The van der Waals surface area contributed by atoms with Crippen molar-refractivity contribution in [1.29, 1.82) is 0 Å². The fourth-order valence-corrected chi connectivity index (χ4v) is 3.70. The molecule has 1 amide bonds. The summed E-state index contributed by atoms with van der Waals surface area (Å²) in [6.07, 6.45) is 1.06. The van der Waals surface area contributed by atoms with Gasteiger partial charge in [-0.1, -0.05) is 18.2 Å². The van der Waals surface area contributed by atoms with Gasteiger partial charge in [0.2, 0.25) is 15.9 Å². The summed E-state index contributed by atoms with van der Waals surface area (Å²) in [6.45, 7) is 4.94. The lowest BCUT2D eigenvalue weighted by Gasteiger charge is -2.24. The van der Waals surface area contributed by atoms with Crippen molar-refractivity contribution < 1.29 is 22.7 Å². The molecule has 8 heteroatoms. The first-order valence-electron chi connectivity index (χ1n) is 8.57. The third-order valence-electron chi connectivity index (χ3n) is 4.33. The normalized spacial score (nSPS) is 11.0. The molecule has 0 saturated heterocycles. The van der Waals surface area contributed by atoms with E-state index in [-0.39, 0.29) is 6.54 Å². The van der Waals surface area contributed by atoms with E-state index in [1.807, 2.05) is 19.1 Å². The molecule has 2 aromatic rings. The van der Waals surface area contributed by atoms with Gasteiger partial charge in [-0.3, -0.25) is 9.10 Å². The molecule has 0 fully saturated rings. The number of carbonyl (C=O) groups is 2. The lowest BCUT2D eigenvalue weighted by molar-refractivity contribution is -0.114. The molecule has 0 spiro atoms. The van der Waals surface area contributed by atoms with Gasteiger partial charge in [-0.25, -0.2) is 13.2 Å². The SMILES string of the molecule is COC(=O)c1cccc(NC(=O)CN(c2cc(C)ccc2C)S(C)(=O)=O)c1C. The Kier molecular flexibility index (Phi) is 6.45. The summed E-state index contributed by atoms with van der Waals surface area (Å²) in [7, 11) is -2.40. The van der Waals surface area contributed by atoms with Gasteiger partial charge in [0.1, 0.15) is 6.54 Å². The van der Waals surface area contributed by atoms with Crippen molar-refractivity contribution in [2.75, 3.05) is 29.5 Å². The molecule has 0 aliphatic rings. The van der Waals surface area contributed by atoms with Crippen molar-refractivity contribution in [3.63, 3.8) is 0 Å². The van der Waals surface area contributed by atoms with Crippen LogP contribution in [0.2, 0.25) is 0 Å². The van der Waals surface area contributed by atoms with Crippen molar-refractivity contribution in [3.8, 4) is 0 Å². The Morgan fingerprint density at radius 3 is 2.39 bits per heavy atom. The molecule has 0 unspecified atom stereocenters. The molecular formula is C20H24N2O5S. The maximum Gasteiger partial charge on any atom is 0.338 e. The van der Waals surface area contributed by atoms with Crippen LogP contribution in [0.25, 0.3) is 0 Å². The Bertz CT molecular complexity index is 1020. The molecule has 0 aliphatic carbocycles. The molecule has 0 aromatic heterocycles. The monoisotopic (exact) mass is 404 g/mol. The molecule has 0 radical (unpaired) electrons. The fraction of sp³-hybridized carbons (Fsp3) is 0.300. The number of anilines is 2. The molecule has 0 atom stereocenters. The summed E-state index contributed by atoms with van der Waals surface area (Å²) in [5.74, 6) is -1.03. The highest BCUT2D eigenvalue weighted by Crippen LogP contribution is 2.24. The van der Waals surface area contributed by atoms with E-state index in [2.05, 4.69) is 5.32 Å². The van der Waals surface area contributed by atoms with E-state index in [1.54, 1.807) is 38.1 Å². The number of aryl methyl sites for hydroxylation is 2. The quantitative estimate of drug-likeness (QED) is 0.748. The van der Waals surface area contributed by atoms with E-state index in [4.69, 9.17) is 4.74 Å². The summed E-state index contributed by atoms with van der Waals surface area (Å²) in [5, 5.41) is 2.68. The van der Waals surface area contributed by atoms with Crippen LogP contribution in [0.5, 0.6) is 0 Å². The smallest absolute Gasteiger partial charge is 0.338 e. The zero-order valence-corrected chi connectivity index (χ0v) is 17.4. The number of hydrogen-bond acceptors (Lipinski definition) is 5. The van der Waals surface area contributed by atoms with E-state index in [1.165, 1.54) is 7.11 Å². The maximum absolute atomic E-state index is 12.6. The minimum absolute atomic E-state index is 0.329. The van der Waals surface area contributed by atoms with Crippen molar-refractivity contribution in [2.45, 2.75) is 20.8 Å². The van der Waals surface area contributed by atoms with Crippen LogP contribution in [-0.2, 0) is 19.6 Å². The Hall–Kier alpha value is -2.87. The zero-order chi connectivity index (χ0) is 21.1. The number of nitrogens with zero attached hydrogens (tertiary/aromatic N) is 1. The van der Waals surface area contributed by atoms with Gasteiger partial charge >= 0.3 is 5.97 Å². The first-order valence-corrected chi connectivity index (χ1v) is 10.4. The predicted molar refractivity (Wildman–Crippen MR) is 109 cm³/mol. The van der Waals surface area contributed by atoms with Gasteiger partial charge in [0, 0.05) is 5.69 Å². The maximum atomic E-state index is 12.6. The van der Waals surface area contributed by atoms with Crippen molar-refractivity contribution in [2.24, 2.45) is 0 Å². The minimum atomic E-state index is -3.68. The first kappa shape index (κ1) is 21.4. The minimum Gasteiger partial charge on any atom is -0.465 e. The standard InChI is InChI=1S/C20H24N2O5S/c1-13-9-10-14(2)18(11-13)22(28(5,25)26)12-19(23)21-17-8-6-7-16(15(17)3)20(24)27-4/h6-11H,12H2,1-5H3,(H,21,23). The van der Waals surface area contributed by atoms with Gasteiger partial charge in [0.25, 0.3) is 0 Å². The van der Waals surface area contributed by atoms with Crippen LogP contribution in [0.1, 0.15) is 27.0 Å².